The standard InChI is InChI=1S/C21H33N3O.ClH/c1-16(21(25)23-13-17-8-4-2-5-9-17)24-14-19(12-22)20(15-24)18-10-6-3-7-11-18;/h3,6-7,10-11,16-17,19-20H,2,4-5,8-9,12-15,22H2,1H3,(H,23,25);1H/t16?,19-,20+;/m1./s1. The third-order valence-electron chi connectivity index (χ3n) is 6.22. The van der Waals surface area contributed by atoms with Crippen molar-refractivity contribution >= 4 is 18.3 Å². The van der Waals surface area contributed by atoms with Gasteiger partial charge in [0.15, 0.2) is 0 Å². The van der Waals surface area contributed by atoms with Crippen LogP contribution < -0.4 is 11.1 Å². The number of amides is 1. The van der Waals surface area contributed by atoms with E-state index in [4.69, 9.17) is 5.73 Å². The summed E-state index contributed by atoms with van der Waals surface area (Å²) in [7, 11) is 0. The van der Waals surface area contributed by atoms with Crippen molar-refractivity contribution in [2.45, 2.75) is 51.0 Å². The maximum atomic E-state index is 12.6. The molecule has 0 bridgehead atoms. The Bertz CT molecular complexity index is 547. The molecule has 0 radical (unpaired) electrons. The summed E-state index contributed by atoms with van der Waals surface area (Å²) in [6.07, 6.45) is 6.53. The van der Waals surface area contributed by atoms with E-state index in [2.05, 4.69) is 40.5 Å². The molecule has 1 saturated heterocycles. The summed E-state index contributed by atoms with van der Waals surface area (Å²) in [6.45, 7) is 5.39. The Labute approximate surface area is 164 Å². The zero-order valence-electron chi connectivity index (χ0n) is 15.9. The summed E-state index contributed by atoms with van der Waals surface area (Å²) in [5.74, 6) is 1.71. The molecule has 4 nitrogen and oxygen atoms in total. The number of nitrogens with one attached hydrogen (secondary N) is 1. The van der Waals surface area contributed by atoms with E-state index in [0.29, 0.717) is 24.3 Å². The van der Waals surface area contributed by atoms with Crippen LogP contribution in [0.1, 0.15) is 50.5 Å². The van der Waals surface area contributed by atoms with E-state index in [0.717, 1.165) is 19.6 Å². The molecule has 1 heterocycles. The number of nitrogens with zero attached hydrogens (tertiary/aromatic N) is 1. The third kappa shape index (κ3) is 5.21. The molecule has 1 amide bonds. The molecule has 3 atom stereocenters. The van der Waals surface area contributed by atoms with Crippen LogP contribution in [0.3, 0.4) is 0 Å². The Morgan fingerprint density at radius 2 is 1.88 bits per heavy atom. The summed E-state index contributed by atoms with van der Waals surface area (Å²) >= 11 is 0. The molecule has 1 unspecified atom stereocenters. The smallest absolute Gasteiger partial charge is 0.237 e. The van der Waals surface area contributed by atoms with Gasteiger partial charge in [-0.05, 0) is 43.7 Å². The lowest BCUT2D eigenvalue weighted by Gasteiger charge is -2.26. The Balaban J connectivity index is 0.00000243. The summed E-state index contributed by atoms with van der Waals surface area (Å²) in [4.78, 5) is 14.9. The SMILES string of the molecule is CC(C(=O)NCC1CCCCC1)N1C[C@@H](CN)[C@H](c2ccccc2)C1.Cl. The summed E-state index contributed by atoms with van der Waals surface area (Å²) in [6, 6.07) is 10.5. The predicted octanol–water partition coefficient (Wildman–Crippen LogP) is 3.17. The second-order valence-electron chi connectivity index (χ2n) is 7.89. The second-order valence-corrected chi connectivity index (χ2v) is 7.89. The molecule has 1 aliphatic carbocycles. The molecule has 0 aromatic heterocycles. The first kappa shape index (κ1) is 21.2. The summed E-state index contributed by atoms with van der Waals surface area (Å²) in [5, 5.41) is 3.20. The lowest BCUT2D eigenvalue weighted by atomic mass is 9.89. The Morgan fingerprint density at radius 1 is 1.19 bits per heavy atom. The van der Waals surface area contributed by atoms with Gasteiger partial charge in [0, 0.05) is 25.6 Å². The van der Waals surface area contributed by atoms with Crippen molar-refractivity contribution in [3.8, 4) is 0 Å². The predicted molar refractivity (Wildman–Crippen MR) is 110 cm³/mol. The molecule has 5 heteroatoms. The number of likely N-dealkylation sites (tertiary alicyclic amines) is 1. The van der Waals surface area contributed by atoms with Crippen LogP contribution in [-0.2, 0) is 4.79 Å². The zero-order valence-corrected chi connectivity index (χ0v) is 16.7. The summed E-state index contributed by atoms with van der Waals surface area (Å²) < 4.78 is 0. The van der Waals surface area contributed by atoms with Crippen molar-refractivity contribution in [1.29, 1.82) is 0 Å². The number of hydrogen-bond acceptors (Lipinski definition) is 3. The van der Waals surface area contributed by atoms with Crippen molar-refractivity contribution < 1.29 is 4.79 Å². The Morgan fingerprint density at radius 3 is 2.54 bits per heavy atom. The fourth-order valence-corrected chi connectivity index (χ4v) is 4.49. The normalized spacial score (nSPS) is 25.5. The van der Waals surface area contributed by atoms with E-state index in [1.807, 2.05) is 6.92 Å². The third-order valence-corrected chi connectivity index (χ3v) is 6.22. The molecule has 2 fully saturated rings. The number of rotatable bonds is 6. The lowest BCUT2D eigenvalue weighted by Crippen LogP contribution is -2.45. The first-order valence-electron chi connectivity index (χ1n) is 9.95. The number of hydrogen-bond donors (Lipinski definition) is 2. The fraction of sp³-hybridized carbons (Fsp3) is 0.667. The largest absolute Gasteiger partial charge is 0.354 e. The fourth-order valence-electron chi connectivity index (χ4n) is 4.49. The number of carbonyl (C=O) groups excluding carboxylic acids is 1. The first-order valence-corrected chi connectivity index (χ1v) is 9.95. The molecule has 3 rings (SSSR count). The molecule has 3 N–H and O–H groups in total. The van der Waals surface area contributed by atoms with Gasteiger partial charge in [-0.2, -0.15) is 0 Å². The van der Waals surface area contributed by atoms with Crippen LogP contribution in [-0.4, -0.2) is 43.0 Å². The first-order chi connectivity index (χ1) is 12.2. The van der Waals surface area contributed by atoms with Gasteiger partial charge in [-0.1, -0.05) is 49.6 Å². The van der Waals surface area contributed by atoms with Gasteiger partial charge in [0.05, 0.1) is 6.04 Å². The van der Waals surface area contributed by atoms with Crippen molar-refractivity contribution in [1.82, 2.24) is 10.2 Å². The van der Waals surface area contributed by atoms with Crippen molar-refractivity contribution in [2.24, 2.45) is 17.6 Å². The molecule has 1 aliphatic heterocycles. The molecule has 2 aliphatic rings. The van der Waals surface area contributed by atoms with Gasteiger partial charge in [-0.3, -0.25) is 9.69 Å². The molecule has 1 aromatic rings. The zero-order chi connectivity index (χ0) is 17.6. The van der Waals surface area contributed by atoms with Gasteiger partial charge in [0.1, 0.15) is 0 Å². The average Bonchev–Trinajstić information content (AvgIpc) is 3.11. The van der Waals surface area contributed by atoms with Crippen LogP contribution in [0.2, 0.25) is 0 Å². The van der Waals surface area contributed by atoms with Gasteiger partial charge < -0.3 is 11.1 Å². The number of nitrogens with two attached hydrogens (primary N) is 1. The Kier molecular flexibility index (Phi) is 8.39. The van der Waals surface area contributed by atoms with Crippen LogP contribution in [0.25, 0.3) is 0 Å². The minimum absolute atomic E-state index is 0. The highest BCUT2D eigenvalue weighted by molar-refractivity contribution is 5.85. The molecule has 146 valence electrons. The molecule has 1 saturated carbocycles. The number of halogens is 1. The molecular formula is C21H34ClN3O. The monoisotopic (exact) mass is 379 g/mol. The molecule has 26 heavy (non-hydrogen) atoms. The number of carbonyl (C=O) groups is 1. The average molecular weight is 380 g/mol. The molecule has 1 aromatic carbocycles. The van der Waals surface area contributed by atoms with Crippen LogP contribution >= 0.6 is 12.4 Å². The highest BCUT2D eigenvalue weighted by atomic mass is 35.5. The van der Waals surface area contributed by atoms with Gasteiger partial charge in [0.25, 0.3) is 0 Å². The van der Waals surface area contributed by atoms with Crippen LogP contribution in [0.15, 0.2) is 30.3 Å². The van der Waals surface area contributed by atoms with Gasteiger partial charge in [0.2, 0.25) is 5.91 Å². The maximum absolute atomic E-state index is 12.6. The van der Waals surface area contributed by atoms with Crippen molar-refractivity contribution in [2.75, 3.05) is 26.2 Å². The Hall–Kier alpha value is -1.10. The van der Waals surface area contributed by atoms with Crippen LogP contribution in [0.5, 0.6) is 0 Å². The van der Waals surface area contributed by atoms with E-state index in [9.17, 15) is 4.79 Å². The lowest BCUT2D eigenvalue weighted by molar-refractivity contribution is -0.125. The van der Waals surface area contributed by atoms with E-state index in [-0.39, 0.29) is 24.4 Å². The molecule has 0 spiro atoms. The quantitative estimate of drug-likeness (QED) is 0.798. The van der Waals surface area contributed by atoms with Crippen molar-refractivity contribution in [3.63, 3.8) is 0 Å². The number of benzene rings is 1. The van der Waals surface area contributed by atoms with Gasteiger partial charge >= 0.3 is 0 Å². The second kappa shape index (κ2) is 10.3. The van der Waals surface area contributed by atoms with Crippen LogP contribution in [0.4, 0.5) is 0 Å². The van der Waals surface area contributed by atoms with Crippen molar-refractivity contribution in [3.05, 3.63) is 35.9 Å². The molecular weight excluding hydrogens is 346 g/mol. The van der Waals surface area contributed by atoms with E-state index in [1.54, 1.807) is 0 Å². The van der Waals surface area contributed by atoms with E-state index < -0.39 is 0 Å². The highest BCUT2D eigenvalue weighted by Gasteiger charge is 2.36. The van der Waals surface area contributed by atoms with E-state index in [1.165, 1.54) is 37.7 Å². The van der Waals surface area contributed by atoms with Gasteiger partial charge in [-0.25, -0.2) is 0 Å². The highest BCUT2D eigenvalue weighted by Crippen LogP contribution is 2.33. The minimum Gasteiger partial charge on any atom is -0.354 e. The topological polar surface area (TPSA) is 58.4 Å². The van der Waals surface area contributed by atoms with E-state index >= 15 is 0 Å². The minimum atomic E-state index is -0.0775. The van der Waals surface area contributed by atoms with Crippen LogP contribution in [0, 0.1) is 11.8 Å². The maximum Gasteiger partial charge on any atom is 0.237 e. The van der Waals surface area contributed by atoms with Gasteiger partial charge in [-0.15, -0.1) is 12.4 Å². The summed E-state index contributed by atoms with van der Waals surface area (Å²) in [5.41, 5.74) is 7.37.